The van der Waals surface area contributed by atoms with Crippen molar-refractivity contribution in [2.24, 2.45) is 0 Å². The Kier molecular flexibility index (Phi) is 8.57. The lowest BCUT2D eigenvalue weighted by molar-refractivity contribution is -0.149. The van der Waals surface area contributed by atoms with Crippen molar-refractivity contribution in [3.05, 3.63) is 42.5 Å². The highest BCUT2D eigenvalue weighted by atomic mass is 32.5. The van der Waals surface area contributed by atoms with Gasteiger partial charge in [-0.3, -0.25) is 9.36 Å². The Morgan fingerprint density at radius 1 is 1.31 bits per heavy atom. The van der Waals surface area contributed by atoms with Crippen molar-refractivity contribution < 1.29 is 33.5 Å². The zero-order chi connectivity index (χ0) is 28.5. The van der Waals surface area contributed by atoms with Gasteiger partial charge in [0.15, 0.2) is 17.7 Å². The Morgan fingerprint density at radius 2 is 2.00 bits per heavy atom. The van der Waals surface area contributed by atoms with Crippen LogP contribution < -0.4 is 15.3 Å². The molecule has 4 rings (SSSR count). The van der Waals surface area contributed by atoms with Gasteiger partial charge in [-0.1, -0.05) is 18.2 Å². The first kappa shape index (κ1) is 29.3. The van der Waals surface area contributed by atoms with Crippen LogP contribution >= 0.6 is 6.64 Å². The van der Waals surface area contributed by atoms with Crippen LogP contribution in [0.25, 0.3) is 11.2 Å². The van der Waals surface area contributed by atoms with Crippen LogP contribution in [-0.2, 0) is 30.6 Å². The molecule has 0 amide bonds. The number of aryl methyl sites for hydroxylation is 1. The standard InChI is InChI=1S/C24H33N6O7PS/c1-13(2)35-22(32)14(3)29-38(39,37-16-9-7-6-8-10-16)34-11-17-19(31)24(5,33)23(36-17)30-12-26-18-20(25)27-15(4)28-21(18)30/h6-10,12-14,17,19,23,31,33H,11H2,1-5H3,(H,29,39)(H2,25,27,28)/t14?,17-,19-,23-,24-,38?/m1/s1. The van der Waals surface area contributed by atoms with Crippen molar-refractivity contribution in [2.45, 2.75) is 70.8 Å². The Hall–Kier alpha value is -2.71. The molecule has 1 saturated heterocycles. The Morgan fingerprint density at radius 3 is 2.67 bits per heavy atom. The molecule has 3 heterocycles. The number of carbonyl (C=O) groups is 1. The molecule has 13 nitrogen and oxygen atoms in total. The van der Waals surface area contributed by atoms with E-state index in [-0.39, 0.29) is 18.5 Å². The number of fused-ring (bicyclic) bond motifs is 1. The molecular weight excluding hydrogens is 547 g/mol. The second-order valence-electron chi connectivity index (χ2n) is 9.71. The maximum Gasteiger partial charge on any atom is 0.323 e. The summed E-state index contributed by atoms with van der Waals surface area (Å²) in [5.74, 6) is 0.496. The van der Waals surface area contributed by atoms with Crippen LogP contribution in [0, 0.1) is 6.92 Å². The number of imidazole rings is 1. The van der Waals surface area contributed by atoms with E-state index in [1.54, 1.807) is 52.0 Å². The van der Waals surface area contributed by atoms with E-state index in [0.29, 0.717) is 22.7 Å². The number of nitrogens with two attached hydrogens (primary N) is 1. The molecule has 5 N–H and O–H groups in total. The number of nitrogens with zero attached hydrogens (tertiary/aromatic N) is 4. The van der Waals surface area contributed by atoms with Gasteiger partial charge in [-0.2, -0.15) is 0 Å². The minimum atomic E-state index is -3.39. The van der Waals surface area contributed by atoms with Crippen LogP contribution in [0.4, 0.5) is 5.82 Å². The molecule has 1 fully saturated rings. The maximum absolute atomic E-state index is 12.5. The Balaban J connectivity index is 1.55. The lowest BCUT2D eigenvalue weighted by Crippen LogP contribution is -2.44. The van der Waals surface area contributed by atoms with E-state index in [9.17, 15) is 15.0 Å². The number of ether oxygens (including phenoxy) is 2. The van der Waals surface area contributed by atoms with Crippen molar-refractivity contribution in [3.63, 3.8) is 0 Å². The third-order valence-electron chi connectivity index (χ3n) is 6.00. The van der Waals surface area contributed by atoms with Gasteiger partial charge in [-0.25, -0.2) is 20.0 Å². The van der Waals surface area contributed by atoms with Gasteiger partial charge in [-0.05, 0) is 58.6 Å². The molecule has 0 radical (unpaired) electrons. The summed E-state index contributed by atoms with van der Waals surface area (Å²) in [6, 6.07) is 7.90. The zero-order valence-electron chi connectivity index (χ0n) is 22.2. The van der Waals surface area contributed by atoms with Crippen molar-refractivity contribution in [1.29, 1.82) is 0 Å². The van der Waals surface area contributed by atoms with Gasteiger partial charge in [0.05, 0.1) is 19.0 Å². The minimum Gasteiger partial charge on any atom is -0.462 e. The number of aliphatic hydroxyl groups is 2. The van der Waals surface area contributed by atoms with Crippen molar-refractivity contribution in [3.8, 4) is 5.75 Å². The number of nitrogen functional groups attached to an aromatic ring is 1. The Labute approximate surface area is 230 Å². The molecule has 0 aliphatic carbocycles. The SMILES string of the molecule is Cc1nc(N)c2ncn([C@@H]3O[C@H](COP(=S)(NC(C)C(=O)OC(C)C)Oc4ccccc4)[C@@H](O)[C@@]3(C)O)c2n1. The normalized spacial score (nSPS) is 25.5. The molecule has 15 heteroatoms. The Bertz CT molecular complexity index is 1370. The third-order valence-corrected chi connectivity index (χ3v) is 8.50. The predicted octanol–water partition coefficient (Wildman–Crippen LogP) is 1.98. The highest BCUT2D eigenvalue weighted by Crippen LogP contribution is 2.47. The molecule has 6 atom stereocenters. The molecule has 2 unspecified atom stereocenters. The monoisotopic (exact) mass is 580 g/mol. The summed E-state index contributed by atoms with van der Waals surface area (Å²) in [4.78, 5) is 25.2. The fourth-order valence-corrected chi connectivity index (χ4v) is 6.52. The molecule has 1 aliphatic rings. The first-order chi connectivity index (χ1) is 18.3. The number of esters is 1. The molecular formula is C24H33N6O7PS. The number of hydrogen-bond acceptors (Lipinski definition) is 12. The number of aliphatic hydroxyl groups excluding tert-OH is 1. The van der Waals surface area contributed by atoms with Crippen LogP contribution in [0.3, 0.4) is 0 Å². The molecule has 1 aromatic carbocycles. The largest absolute Gasteiger partial charge is 0.462 e. The first-order valence-corrected chi connectivity index (χ1v) is 14.9. The van der Waals surface area contributed by atoms with Gasteiger partial charge >= 0.3 is 12.6 Å². The number of hydrogen-bond donors (Lipinski definition) is 4. The zero-order valence-corrected chi connectivity index (χ0v) is 23.9. The lowest BCUT2D eigenvalue weighted by Gasteiger charge is -2.28. The number of carbonyl (C=O) groups excluding carboxylic acids is 1. The molecule has 2 aromatic heterocycles. The summed E-state index contributed by atoms with van der Waals surface area (Å²) < 4.78 is 24.8. The number of rotatable bonds is 10. The minimum absolute atomic E-state index is 0.185. The molecule has 0 saturated carbocycles. The quantitative estimate of drug-likeness (QED) is 0.202. The highest BCUT2D eigenvalue weighted by molar-refractivity contribution is 8.09. The van der Waals surface area contributed by atoms with Gasteiger partial charge in [0, 0.05) is 0 Å². The van der Waals surface area contributed by atoms with Gasteiger partial charge in [0.2, 0.25) is 0 Å². The number of nitrogens with one attached hydrogen (secondary N) is 1. The van der Waals surface area contributed by atoms with Crippen LogP contribution in [0.2, 0.25) is 0 Å². The van der Waals surface area contributed by atoms with Gasteiger partial charge in [0.25, 0.3) is 0 Å². The molecule has 1 aliphatic heterocycles. The average Bonchev–Trinajstić information content (AvgIpc) is 3.36. The summed E-state index contributed by atoms with van der Waals surface area (Å²) in [7, 11) is 0. The van der Waals surface area contributed by atoms with E-state index in [2.05, 4.69) is 20.0 Å². The van der Waals surface area contributed by atoms with E-state index in [0.717, 1.165) is 0 Å². The van der Waals surface area contributed by atoms with Crippen LogP contribution in [0.1, 0.15) is 39.7 Å². The smallest absolute Gasteiger partial charge is 0.323 e. The van der Waals surface area contributed by atoms with Crippen LogP contribution in [0.15, 0.2) is 36.7 Å². The molecule has 212 valence electrons. The van der Waals surface area contributed by atoms with Crippen molar-refractivity contribution in [1.82, 2.24) is 24.6 Å². The van der Waals surface area contributed by atoms with E-state index in [1.807, 2.05) is 6.07 Å². The lowest BCUT2D eigenvalue weighted by atomic mass is 9.96. The number of aromatic nitrogens is 4. The van der Waals surface area contributed by atoms with E-state index < -0.39 is 42.7 Å². The molecule has 3 aromatic rings. The summed E-state index contributed by atoms with van der Waals surface area (Å²) >= 11 is 5.73. The molecule has 39 heavy (non-hydrogen) atoms. The topological polar surface area (TPSA) is 176 Å². The van der Waals surface area contributed by atoms with E-state index in [4.69, 9.17) is 36.1 Å². The van der Waals surface area contributed by atoms with E-state index in [1.165, 1.54) is 17.8 Å². The fraction of sp³-hybridized carbons (Fsp3) is 0.500. The third kappa shape index (κ3) is 6.38. The predicted molar refractivity (Wildman–Crippen MR) is 146 cm³/mol. The van der Waals surface area contributed by atoms with E-state index >= 15 is 0 Å². The van der Waals surface area contributed by atoms with Crippen molar-refractivity contribution >= 4 is 41.4 Å². The molecule has 0 spiro atoms. The first-order valence-electron chi connectivity index (χ1n) is 12.3. The fourth-order valence-electron chi connectivity index (χ4n) is 4.11. The van der Waals surface area contributed by atoms with Gasteiger partial charge in [-0.15, -0.1) is 0 Å². The summed E-state index contributed by atoms with van der Waals surface area (Å²) in [5.41, 5.74) is 4.90. The van der Waals surface area contributed by atoms with Gasteiger partial charge in [0.1, 0.15) is 40.9 Å². The second-order valence-corrected chi connectivity index (χ2v) is 12.8. The summed E-state index contributed by atoms with van der Waals surface area (Å²) in [5, 5.41) is 25.2. The second kappa shape index (κ2) is 11.4. The average molecular weight is 581 g/mol. The number of para-hydroxylation sites is 1. The van der Waals surface area contributed by atoms with Crippen molar-refractivity contribution in [2.75, 3.05) is 12.3 Å². The maximum atomic E-state index is 12.5. The summed E-state index contributed by atoms with van der Waals surface area (Å²) in [6.07, 6.45) is -2.40. The van der Waals surface area contributed by atoms with Crippen LogP contribution in [0.5, 0.6) is 5.75 Å². The molecule has 0 bridgehead atoms. The number of anilines is 1. The number of benzene rings is 1. The van der Waals surface area contributed by atoms with Gasteiger partial charge < -0.3 is 34.5 Å². The summed E-state index contributed by atoms with van der Waals surface area (Å²) in [6.45, 7) is 4.52. The van der Waals surface area contributed by atoms with Crippen LogP contribution in [-0.4, -0.2) is 72.3 Å². The highest BCUT2D eigenvalue weighted by Gasteiger charge is 2.54.